The number of hydrogen-bond acceptors (Lipinski definition) is 8. The van der Waals surface area contributed by atoms with Gasteiger partial charge in [0.2, 0.25) is 0 Å². The molecule has 0 saturated heterocycles. The maximum Gasteiger partial charge on any atom is 0.160 e. The van der Waals surface area contributed by atoms with E-state index in [0.717, 1.165) is 129 Å². The second-order valence-corrected chi connectivity index (χ2v) is 33.1. The summed E-state index contributed by atoms with van der Waals surface area (Å²) in [6.07, 6.45) is 3.69. The van der Waals surface area contributed by atoms with Crippen LogP contribution in [0.2, 0.25) is 0 Å². The number of hydrogen-bond donors (Lipinski definition) is 0. The molecule has 0 radical (unpaired) electrons. The SMILES string of the molecule is CC(C)(c1ccc(-c2ccc3ccccc3c2)cc1)c1ccc(-c2nc(-c3ccccc3)cc(-c3ccccc3)n2)cc1.CC(C)(c1ccc(-c2ccccn2)cc1)c1ccc(-c2nc(-c3ccccc3)cc(-c3ccccc3)n2)cc1.CC(C)(c1ccc(-c2nc(-c3ccccc3)cc(-c3ccccc3)n2)cc1)c1ccc(-c2cccc3cccnc23)cc1. The highest BCUT2D eigenvalue weighted by Gasteiger charge is 2.28. The first-order valence-electron chi connectivity index (χ1n) is 42.6. The van der Waals surface area contributed by atoms with Crippen molar-refractivity contribution in [1.82, 2.24) is 39.9 Å². The highest BCUT2D eigenvalue weighted by atomic mass is 14.9. The van der Waals surface area contributed by atoms with Gasteiger partial charge in [-0.25, -0.2) is 29.9 Å². The molecule has 0 aliphatic rings. The molecule has 8 nitrogen and oxygen atoms in total. The quantitative estimate of drug-likeness (QED) is 0.0837. The second-order valence-electron chi connectivity index (χ2n) is 33.1. The van der Waals surface area contributed by atoms with Crippen LogP contribution in [-0.4, -0.2) is 39.9 Å². The largest absolute Gasteiger partial charge is 0.256 e. The predicted octanol–water partition coefficient (Wildman–Crippen LogP) is 29.5. The van der Waals surface area contributed by atoms with Gasteiger partial charge in [0.15, 0.2) is 17.5 Å². The molecule has 0 bridgehead atoms. The molecule has 125 heavy (non-hydrogen) atoms. The minimum atomic E-state index is -0.185. The Bertz CT molecular complexity index is 6880. The van der Waals surface area contributed by atoms with Crippen LogP contribution >= 0.6 is 0 Å². The molecule has 0 aliphatic heterocycles. The van der Waals surface area contributed by atoms with E-state index in [1.54, 1.807) is 0 Å². The molecule has 0 N–H and O–H groups in total. The van der Waals surface area contributed by atoms with Crippen molar-refractivity contribution in [3.8, 4) is 135 Å². The Balaban J connectivity index is 0.000000128. The highest BCUT2D eigenvalue weighted by Crippen LogP contribution is 2.41. The van der Waals surface area contributed by atoms with Crippen LogP contribution in [0.25, 0.3) is 157 Å². The van der Waals surface area contributed by atoms with E-state index in [9.17, 15) is 0 Å². The molecule has 5 heterocycles. The number of pyridine rings is 2. The monoisotopic (exact) mass is 1610 g/mol. The molecule has 0 fully saturated rings. The summed E-state index contributed by atoms with van der Waals surface area (Å²) in [5.41, 5.74) is 29.8. The third-order valence-corrected chi connectivity index (χ3v) is 24.0. The molecule has 20 rings (SSSR count). The van der Waals surface area contributed by atoms with Crippen LogP contribution in [-0.2, 0) is 16.2 Å². The summed E-state index contributed by atoms with van der Waals surface area (Å²) in [6.45, 7) is 13.6. The fraction of sp³-hybridized carbons (Fsp3) is 0.0769. The molecule has 0 amide bonds. The first-order valence-corrected chi connectivity index (χ1v) is 42.6. The zero-order valence-corrected chi connectivity index (χ0v) is 70.8. The van der Waals surface area contributed by atoms with Crippen molar-refractivity contribution >= 4 is 21.7 Å². The number of benzene rings is 15. The van der Waals surface area contributed by atoms with Crippen molar-refractivity contribution in [2.75, 3.05) is 0 Å². The van der Waals surface area contributed by atoms with E-state index in [1.165, 1.54) is 60.8 Å². The van der Waals surface area contributed by atoms with Crippen LogP contribution in [0.5, 0.6) is 0 Å². The molecule has 15 aromatic carbocycles. The van der Waals surface area contributed by atoms with Crippen molar-refractivity contribution in [2.24, 2.45) is 0 Å². The maximum atomic E-state index is 5.00. The lowest BCUT2D eigenvalue weighted by Crippen LogP contribution is -2.18. The van der Waals surface area contributed by atoms with Gasteiger partial charge in [-0.1, -0.05) is 436 Å². The molecule has 20 aromatic rings. The summed E-state index contributed by atoms with van der Waals surface area (Å²) >= 11 is 0. The Morgan fingerprint density at radius 1 is 0.160 bits per heavy atom. The van der Waals surface area contributed by atoms with Gasteiger partial charge in [0.1, 0.15) is 0 Å². The highest BCUT2D eigenvalue weighted by molar-refractivity contribution is 5.94. The van der Waals surface area contributed by atoms with E-state index in [-0.39, 0.29) is 16.2 Å². The van der Waals surface area contributed by atoms with Crippen LogP contribution in [0.15, 0.2) is 449 Å². The lowest BCUT2D eigenvalue weighted by molar-refractivity contribution is 0.641. The summed E-state index contributed by atoms with van der Waals surface area (Å²) in [7, 11) is 0. The van der Waals surface area contributed by atoms with E-state index >= 15 is 0 Å². The van der Waals surface area contributed by atoms with Gasteiger partial charge in [-0.15, -0.1) is 0 Å². The minimum Gasteiger partial charge on any atom is -0.256 e. The van der Waals surface area contributed by atoms with Gasteiger partial charge < -0.3 is 0 Å². The Hall–Kier alpha value is -15.6. The fourth-order valence-electron chi connectivity index (χ4n) is 16.3. The molecule has 5 aromatic heterocycles. The topological polar surface area (TPSA) is 103 Å². The zero-order valence-electron chi connectivity index (χ0n) is 70.8. The number of rotatable bonds is 18. The lowest BCUT2D eigenvalue weighted by Gasteiger charge is -2.26. The predicted molar refractivity (Wildman–Crippen MR) is 518 cm³/mol. The van der Waals surface area contributed by atoms with Crippen LogP contribution in [0, 0.1) is 0 Å². The summed E-state index contributed by atoms with van der Waals surface area (Å²) in [4.78, 5) is 39.0. The smallest absolute Gasteiger partial charge is 0.160 e. The van der Waals surface area contributed by atoms with E-state index in [4.69, 9.17) is 29.9 Å². The average Bonchev–Trinajstić information content (AvgIpc) is 0.786. The summed E-state index contributed by atoms with van der Waals surface area (Å²) in [6, 6.07) is 152. The third-order valence-electron chi connectivity index (χ3n) is 24.0. The molecule has 0 atom stereocenters. The minimum absolute atomic E-state index is 0.164. The lowest BCUT2D eigenvalue weighted by atomic mass is 9.77. The van der Waals surface area contributed by atoms with Crippen LogP contribution in [0.4, 0.5) is 0 Å². The Kier molecular flexibility index (Phi) is 23.1. The molecule has 0 aliphatic carbocycles. The van der Waals surface area contributed by atoms with E-state index < -0.39 is 0 Å². The molecular formula is C117H92N8. The van der Waals surface area contributed by atoms with E-state index in [2.05, 4.69) is 355 Å². The van der Waals surface area contributed by atoms with Gasteiger partial charge in [0.05, 0.1) is 45.4 Å². The van der Waals surface area contributed by atoms with Crippen LogP contribution in [0.3, 0.4) is 0 Å². The molecule has 600 valence electrons. The fourth-order valence-corrected chi connectivity index (χ4v) is 16.3. The number of fused-ring (bicyclic) bond motifs is 2. The second kappa shape index (κ2) is 36.0. The van der Waals surface area contributed by atoms with Gasteiger partial charge in [0, 0.05) is 95.2 Å². The molecule has 0 unspecified atom stereocenters. The first kappa shape index (κ1) is 80.4. The van der Waals surface area contributed by atoms with E-state index in [1.807, 2.05) is 146 Å². The number of nitrogens with zero attached hydrogens (tertiary/aromatic N) is 8. The van der Waals surface area contributed by atoms with Crippen molar-refractivity contribution < 1.29 is 0 Å². The third kappa shape index (κ3) is 17.9. The maximum absolute atomic E-state index is 5.00. The van der Waals surface area contributed by atoms with Gasteiger partial charge in [0.25, 0.3) is 0 Å². The number of aromatic nitrogens is 8. The van der Waals surface area contributed by atoms with Crippen molar-refractivity contribution in [3.63, 3.8) is 0 Å². The molecular weight excluding hydrogens is 1520 g/mol. The van der Waals surface area contributed by atoms with Gasteiger partial charge in [-0.3, -0.25) is 9.97 Å². The standard InChI is InChI=1S/C41H32N2.C40H31N3.C36H29N3/c1-41(2,36-23-19-30(20-24-36)35-18-17-29-11-9-10-16-34(29)27-35)37-25-21-33(22-26-37)40-42-38(31-12-5-3-6-13-31)28-39(43-40)32-14-7-4-8-15-32;1-40(2,33-22-18-28(19-23-33)35-17-9-15-31-16-10-26-41-38(31)35)34-24-20-32(21-25-34)39-42-36(29-11-5-3-6-12-29)27-37(43-39)30-13-7-4-8-14-30;1-36(2,30-20-16-28(17-21-30)32-15-9-10-24-37-32)31-22-18-29(19-23-31)35-38-33(26-11-5-3-6-12-26)25-34(39-35)27-13-7-4-8-14-27/h3-28H,1-2H3;3-27H,1-2H3;3-25H,1-2H3. The van der Waals surface area contributed by atoms with E-state index in [0.29, 0.717) is 0 Å². The Morgan fingerprint density at radius 3 is 0.760 bits per heavy atom. The van der Waals surface area contributed by atoms with Crippen molar-refractivity contribution in [2.45, 2.75) is 57.8 Å². The van der Waals surface area contributed by atoms with Crippen molar-refractivity contribution in [3.05, 3.63) is 483 Å². The van der Waals surface area contributed by atoms with Crippen molar-refractivity contribution in [1.29, 1.82) is 0 Å². The number of para-hydroxylation sites is 1. The summed E-state index contributed by atoms with van der Waals surface area (Å²) < 4.78 is 0. The Morgan fingerprint density at radius 2 is 0.424 bits per heavy atom. The van der Waals surface area contributed by atoms with Gasteiger partial charge >= 0.3 is 0 Å². The summed E-state index contributed by atoms with van der Waals surface area (Å²) in [5.74, 6) is 2.17. The van der Waals surface area contributed by atoms with Crippen LogP contribution in [0.1, 0.15) is 74.9 Å². The van der Waals surface area contributed by atoms with Crippen LogP contribution < -0.4 is 0 Å². The Labute approximate surface area is 732 Å². The molecule has 8 heteroatoms. The normalized spacial score (nSPS) is 11.4. The summed E-state index contributed by atoms with van der Waals surface area (Å²) in [5, 5.41) is 3.68. The van der Waals surface area contributed by atoms with Gasteiger partial charge in [-0.2, -0.15) is 0 Å². The average molecular weight is 1610 g/mol. The van der Waals surface area contributed by atoms with Gasteiger partial charge in [-0.05, 0) is 103 Å². The first-order chi connectivity index (χ1) is 61.2. The molecule has 0 spiro atoms. The molecule has 0 saturated carbocycles. The zero-order chi connectivity index (χ0) is 85.1.